The Hall–Kier alpha value is -2.37. The predicted molar refractivity (Wildman–Crippen MR) is 89.2 cm³/mol. The lowest BCUT2D eigenvalue weighted by Crippen LogP contribution is -2.31. The highest BCUT2D eigenvalue weighted by Crippen LogP contribution is 2.31. The van der Waals surface area contributed by atoms with Crippen LogP contribution >= 0.6 is 0 Å². The second kappa shape index (κ2) is 6.63. The van der Waals surface area contributed by atoms with Gasteiger partial charge >= 0.3 is 0 Å². The minimum atomic E-state index is -1.45. The van der Waals surface area contributed by atoms with Gasteiger partial charge in [0.2, 0.25) is 5.88 Å². The number of carbonyl (C=O) groups excluding carboxylic acids is 1. The van der Waals surface area contributed by atoms with Crippen LogP contribution < -0.4 is 14.8 Å². The summed E-state index contributed by atoms with van der Waals surface area (Å²) in [7, 11) is 0. The number of alkyl halides is 1. The molecule has 6 heteroatoms. The highest BCUT2D eigenvalue weighted by molar-refractivity contribution is 5.89. The molecule has 2 atom stereocenters. The van der Waals surface area contributed by atoms with Gasteiger partial charge in [0.15, 0.2) is 6.17 Å². The van der Waals surface area contributed by atoms with Gasteiger partial charge in [-0.25, -0.2) is 9.37 Å². The Balaban J connectivity index is 1.83. The monoisotopic (exact) mass is 332 g/mol. The van der Waals surface area contributed by atoms with E-state index in [2.05, 4.69) is 10.3 Å². The van der Waals surface area contributed by atoms with Crippen molar-refractivity contribution in [3.8, 4) is 11.6 Å². The van der Waals surface area contributed by atoms with Gasteiger partial charge in [-0.05, 0) is 49.9 Å². The maximum atomic E-state index is 13.3. The number of halogens is 1. The average molecular weight is 332 g/mol. The van der Waals surface area contributed by atoms with Crippen molar-refractivity contribution in [2.24, 2.45) is 0 Å². The van der Waals surface area contributed by atoms with E-state index in [1.807, 2.05) is 39.0 Å². The first-order valence-electron chi connectivity index (χ1n) is 8.07. The van der Waals surface area contributed by atoms with Crippen LogP contribution in [0.3, 0.4) is 0 Å². The first-order chi connectivity index (χ1) is 11.4. The summed E-state index contributed by atoms with van der Waals surface area (Å²) in [6.45, 7) is 6.13. The molecule has 1 aromatic heterocycles. The number of hydrogen-bond acceptors (Lipinski definition) is 4. The Morgan fingerprint density at radius 3 is 2.88 bits per heavy atom. The summed E-state index contributed by atoms with van der Waals surface area (Å²) in [6, 6.07) is 5.51. The Kier molecular flexibility index (Phi) is 4.55. The Labute approximate surface area is 140 Å². The Bertz CT molecular complexity index is 763. The number of aromatic nitrogens is 1. The van der Waals surface area contributed by atoms with Crippen LogP contribution in [0, 0.1) is 6.92 Å². The molecule has 1 fully saturated rings. The number of ether oxygens (including phenoxy) is 2. The summed E-state index contributed by atoms with van der Waals surface area (Å²) in [6.07, 6.45) is 0.417. The van der Waals surface area contributed by atoms with Crippen LogP contribution in [0.25, 0.3) is 10.8 Å². The number of carbonyl (C=O) groups is 1. The fourth-order valence-electron chi connectivity index (χ4n) is 2.78. The zero-order valence-corrected chi connectivity index (χ0v) is 14.0. The molecule has 0 bridgehead atoms. The van der Waals surface area contributed by atoms with Gasteiger partial charge in [-0.2, -0.15) is 0 Å². The number of aryl methyl sites for hydroxylation is 1. The molecule has 0 spiro atoms. The first kappa shape index (κ1) is 16.5. The van der Waals surface area contributed by atoms with Crippen molar-refractivity contribution in [3.05, 3.63) is 30.0 Å². The van der Waals surface area contributed by atoms with Crippen molar-refractivity contribution in [1.82, 2.24) is 10.3 Å². The normalized spacial score (nSPS) is 20.5. The topological polar surface area (TPSA) is 60.5 Å². The second-order valence-electron chi connectivity index (χ2n) is 6.34. The van der Waals surface area contributed by atoms with Crippen LogP contribution in [0.15, 0.2) is 24.4 Å². The van der Waals surface area contributed by atoms with Crippen molar-refractivity contribution in [2.45, 2.75) is 45.5 Å². The number of hydrogen-bond donors (Lipinski definition) is 1. The number of fused-ring (bicyclic) bond motifs is 1. The molecular weight excluding hydrogens is 311 g/mol. The van der Waals surface area contributed by atoms with E-state index < -0.39 is 12.1 Å². The maximum Gasteiger partial charge on any atom is 0.254 e. The number of benzene rings is 1. The third-order valence-corrected chi connectivity index (χ3v) is 3.93. The summed E-state index contributed by atoms with van der Waals surface area (Å²) in [4.78, 5) is 15.5. The molecule has 2 unspecified atom stereocenters. The van der Waals surface area contributed by atoms with Gasteiger partial charge in [-0.1, -0.05) is 0 Å². The van der Waals surface area contributed by atoms with Crippen LogP contribution in [-0.4, -0.2) is 35.8 Å². The SMILES string of the molecule is Cc1cc2ccnc(OCC3CC(F)C(=O)N3)c2cc1OC(C)C. The fraction of sp³-hybridized carbons (Fsp3) is 0.444. The van der Waals surface area contributed by atoms with E-state index in [0.29, 0.717) is 5.88 Å². The van der Waals surface area contributed by atoms with E-state index in [9.17, 15) is 9.18 Å². The van der Waals surface area contributed by atoms with Crippen LogP contribution in [-0.2, 0) is 4.79 Å². The van der Waals surface area contributed by atoms with Crippen LogP contribution in [0.1, 0.15) is 25.8 Å². The van der Waals surface area contributed by atoms with E-state index in [1.54, 1.807) is 6.20 Å². The molecule has 3 rings (SSSR count). The van der Waals surface area contributed by atoms with Crippen LogP contribution in [0.5, 0.6) is 11.6 Å². The molecule has 0 radical (unpaired) electrons. The summed E-state index contributed by atoms with van der Waals surface area (Å²) in [5.41, 5.74) is 1.04. The molecule has 0 aliphatic carbocycles. The number of nitrogens with zero attached hydrogens (tertiary/aromatic N) is 1. The number of nitrogens with one attached hydrogen (secondary N) is 1. The van der Waals surface area contributed by atoms with Crippen molar-refractivity contribution in [3.63, 3.8) is 0 Å². The van der Waals surface area contributed by atoms with Gasteiger partial charge < -0.3 is 14.8 Å². The number of rotatable bonds is 5. The molecule has 1 aliphatic rings. The third-order valence-electron chi connectivity index (χ3n) is 3.93. The lowest BCUT2D eigenvalue weighted by atomic mass is 10.1. The molecule has 1 saturated heterocycles. The minimum absolute atomic E-state index is 0.0670. The highest BCUT2D eigenvalue weighted by atomic mass is 19.1. The number of amides is 1. The fourth-order valence-corrected chi connectivity index (χ4v) is 2.78. The van der Waals surface area contributed by atoms with Crippen molar-refractivity contribution >= 4 is 16.7 Å². The largest absolute Gasteiger partial charge is 0.491 e. The van der Waals surface area contributed by atoms with E-state index >= 15 is 0 Å². The van der Waals surface area contributed by atoms with Gasteiger partial charge in [0.05, 0.1) is 12.1 Å². The van der Waals surface area contributed by atoms with Crippen molar-refractivity contribution in [2.75, 3.05) is 6.61 Å². The lowest BCUT2D eigenvalue weighted by molar-refractivity contribution is -0.123. The summed E-state index contributed by atoms with van der Waals surface area (Å²) in [5.74, 6) is 0.670. The molecule has 0 saturated carbocycles. The summed E-state index contributed by atoms with van der Waals surface area (Å²) >= 11 is 0. The molecule has 1 amide bonds. The smallest absolute Gasteiger partial charge is 0.254 e. The van der Waals surface area contributed by atoms with E-state index in [4.69, 9.17) is 9.47 Å². The number of pyridine rings is 1. The molecule has 24 heavy (non-hydrogen) atoms. The van der Waals surface area contributed by atoms with Gasteiger partial charge in [-0.3, -0.25) is 4.79 Å². The summed E-state index contributed by atoms with van der Waals surface area (Å²) < 4.78 is 24.8. The molecule has 1 N–H and O–H groups in total. The molecule has 1 aromatic carbocycles. The molecule has 128 valence electrons. The maximum absolute atomic E-state index is 13.3. The van der Waals surface area contributed by atoms with E-state index in [1.165, 1.54) is 0 Å². The standard InChI is InChI=1S/C18H21FN2O3/c1-10(2)24-16-8-14-12(6-11(16)3)4-5-20-18(14)23-9-13-7-15(19)17(22)21-13/h4-6,8,10,13,15H,7,9H2,1-3H3,(H,21,22). The Morgan fingerprint density at radius 2 is 2.21 bits per heavy atom. The van der Waals surface area contributed by atoms with Gasteiger partial charge in [-0.15, -0.1) is 0 Å². The van der Waals surface area contributed by atoms with Crippen molar-refractivity contribution < 1.29 is 18.7 Å². The Morgan fingerprint density at radius 1 is 1.42 bits per heavy atom. The zero-order chi connectivity index (χ0) is 17.3. The average Bonchev–Trinajstić information content (AvgIpc) is 2.84. The molecular formula is C18H21FN2O3. The van der Waals surface area contributed by atoms with Gasteiger partial charge in [0.25, 0.3) is 5.91 Å². The molecule has 2 heterocycles. The molecule has 2 aromatic rings. The zero-order valence-electron chi connectivity index (χ0n) is 14.0. The predicted octanol–water partition coefficient (Wildman–Crippen LogP) is 2.94. The van der Waals surface area contributed by atoms with Gasteiger partial charge in [0, 0.05) is 18.0 Å². The van der Waals surface area contributed by atoms with E-state index in [0.717, 1.165) is 22.1 Å². The van der Waals surface area contributed by atoms with Crippen LogP contribution in [0.4, 0.5) is 4.39 Å². The minimum Gasteiger partial charge on any atom is -0.491 e. The molecule has 1 aliphatic heterocycles. The van der Waals surface area contributed by atoms with Gasteiger partial charge in [0.1, 0.15) is 12.4 Å². The lowest BCUT2D eigenvalue weighted by Gasteiger charge is -2.16. The highest BCUT2D eigenvalue weighted by Gasteiger charge is 2.32. The van der Waals surface area contributed by atoms with E-state index in [-0.39, 0.29) is 25.2 Å². The summed E-state index contributed by atoms with van der Waals surface area (Å²) in [5, 5.41) is 4.40. The van der Waals surface area contributed by atoms with Crippen molar-refractivity contribution in [1.29, 1.82) is 0 Å². The quantitative estimate of drug-likeness (QED) is 0.914. The second-order valence-corrected chi connectivity index (χ2v) is 6.34. The molecule has 5 nitrogen and oxygen atoms in total. The first-order valence-corrected chi connectivity index (χ1v) is 8.07. The third kappa shape index (κ3) is 3.42. The van der Waals surface area contributed by atoms with Crippen LogP contribution in [0.2, 0.25) is 0 Å².